The average Bonchev–Trinajstić information content (AvgIpc) is 3.29. The summed E-state index contributed by atoms with van der Waals surface area (Å²) in [5, 5.41) is 0.352. The number of Topliss-reactive ketones (excluding diaryl/α,β-unsaturated/α-hetero) is 1. The normalized spacial score (nSPS) is 55.3. The van der Waals surface area contributed by atoms with E-state index in [9.17, 15) is 4.79 Å². The quantitative estimate of drug-likeness (QED) is 0.276. The first-order valence-electron chi connectivity index (χ1n) is 12.8. The minimum Gasteiger partial charge on any atom is -0.413 e. The largest absolute Gasteiger partial charge is 0.413 e. The van der Waals surface area contributed by atoms with Crippen molar-refractivity contribution in [1.82, 2.24) is 0 Å². The Balaban J connectivity index is 1.36. The zero-order chi connectivity index (χ0) is 23.3. The van der Waals surface area contributed by atoms with Crippen LogP contribution in [0.25, 0.3) is 0 Å². The number of rotatable bonds is 2. The number of hydrogen-bond acceptors (Lipinski definition) is 2. The molecule has 0 saturated heterocycles. The molecule has 6 aliphatic rings. The predicted molar refractivity (Wildman–Crippen MR) is 134 cm³/mol. The van der Waals surface area contributed by atoms with Crippen molar-refractivity contribution >= 4 is 48.9 Å². The molecule has 0 aromatic carbocycles. The third-order valence-electron chi connectivity index (χ3n) is 12.5. The van der Waals surface area contributed by atoms with Crippen molar-refractivity contribution in [2.24, 2.45) is 39.4 Å². The van der Waals surface area contributed by atoms with Gasteiger partial charge in [-0.15, -0.1) is 34.8 Å². The lowest BCUT2D eigenvalue weighted by Gasteiger charge is -2.55. The monoisotopic (exact) mass is 516 g/mol. The van der Waals surface area contributed by atoms with E-state index in [1.807, 2.05) is 0 Å². The van der Waals surface area contributed by atoms with E-state index in [1.54, 1.807) is 0 Å². The van der Waals surface area contributed by atoms with Gasteiger partial charge >= 0.3 is 0 Å². The Morgan fingerprint density at radius 2 is 1.72 bits per heavy atom. The van der Waals surface area contributed by atoms with Gasteiger partial charge in [0.15, 0.2) is 8.32 Å². The molecule has 0 N–H and O–H groups in total. The van der Waals surface area contributed by atoms with Gasteiger partial charge in [0.25, 0.3) is 0 Å². The van der Waals surface area contributed by atoms with Gasteiger partial charge in [0.05, 0.1) is 6.10 Å². The van der Waals surface area contributed by atoms with Gasteiger partial charge < -0.3 is 4.43 Å². The van der Waals surface area contributed by atoms with Gasteiger partial charge in [-0.2, -0.15) is 0 Å². The van der Waals surface area contributed by atoms with E-state index in [1.165, 1.54) is 19.3 Å². The Labute approximate surface area is 210 Å². The molecule has 6 fully saturated rings. The Morgan fingerprint density at radius 3 is 2.38 bits per heavy atom. The van der Waals surface area contributed by atoms with Crippen LogP contribution in [0.15, 0.2) is 0 Å². The molecule has 0 heterocycles. The van der Waals surface area contributed by atoms with Crippen LogP contribution < -0.4 is 0 Å². The standard InChI is InChI=1S/C26H39Cl3O2Si/c1-21(2,3)32(5,6)31-19-8-7-16-17-13-18-25(26(18,28)29)14-15(30)9-10-24(25)20(27)23(17,24)12-11-22(16,19)4/h16-20H,7-14H2,1-6H3/t16-,17-,18+,19-,20-,22-,23-,24+,25+/m0/s1. The highest BCUT2D eigenvalue weighted by atomic mass is 35.5. The van der Waals surface area contributed by atoms with Crippen molar-refractivity contribution in [2.45, 2.75) is 113 Å². The van der Waals surface area contributed by atoms with Crippen molar-refractivity contribution in [3.63, 3.8) is 0 Å². The van der Waals surface area contributed by atoms with E-state index in [0.29, 0.717) is 36.6 Å². The van der Waals surface area contributed by atoms with Crippen molar-refractivity contribution < 1.29 is 9.22 Å². The zero-order valence-corrected chi connectivity index (χ0v) is 23.8. The molecular formula is C26H39Cl3O2Si. The summed E-state index contributed by atoms with van der Waals surface area (Å²) in [4.78, 5) is 12.6. The fourth-order valence-corrected chi connectivity index (χ4v) is 13.4. The predicted octanol–water partition coefficient (Wildman–Crippen LogP) is 7.74. The molecule has 6 saturated carbocycles. The summed E-state index contributed by atoms with van der Waals surface area (Å²) in [5.74, 6) is 1.78. The van der Waals surface area contributed by atoms with Crippen LogP contribution in [-0.4, -0.2) is 29.9 Å². The molecule has 6 aliphatic carbocycles. The van der Waals surface area contributed by atoms with E-state index in [4.69, 9.17) is 39.2 Å². The number of carbonyl (C=O) groups excluding carboxylic acids is 1. The number of ketones is 1. The van der Waals surface area contributed by atoms with Gasteiger partial charge in [-0.05, 0) is 79.3 Å². The molecule has 0 radical (unpaired) electrons. The fourth-order valence-electron chi connectivity index (χ4n) is 9.90. The second-order valence-corrected chi connectivity index (χ2v) is 20.7. The van der Waals surface area contributed by atoms with Gasteiger partial charge in [-0.1, -0.05) is 27.7 Å². The van der Waals surface area contributed by atoms with Crippen LogP contribution in [0, 0.1) is 39.4 Å². The maximum atomic E-state index is 12.6. The maximum absolute atomic E-state index is 12.6. The average molecular weight is 518 g/mol. The topological polar surface area (TPSA) is 26.3 Å². The molecule has 32 heavy (non-hydrogen) atoms. The van der Waals surface area contributed by atoms with E-state index >= 15 is 0 Å². The second kappa shape index (κ2) is 6.16. The third-order valence-corrected chi connectivity index (χ3v) is 19.0. The molecule has 3 spiro atoms. The summed E-state index contributed by atoms with van der Waals surface area (Å²) < 4.78 is 6.32. The van der Waals surface area contributed by atoms with Crippen molar-refractivity contribution in [2.75, 3.05) is 0 Å². The van der Waals surface area contributed by atoms with Crippen molar-refractivity contribution in [1.29, 1.82) is 0 Å². The molecule has 0 aromatic rings. The molecule has 6 rings (SSSR count). The minimum absolute atomic E-state index is 0.0216. The molecule has 180 valence electrons. The van der Waals surface area contributed by atoms with Crippen LogP contribution in [0.4, 0.5) is 0 Å². The van der Waals surface area contributed by atoms with Crippen molar-refractivity contribution in [3.05, 3.63) is 0 Å². The number of halogens is 3. The SMILES string of the molecule is CC(C)(C)[Si](C)(C)O[C@H]1CC[C@H]2[C@@H]3C[C@H]4C(Cl)(Cl)[C@]45CC(=O)CC[C@]54[C@@H](Cl)[C@]34CC[C@]12C. The Morgan fingerprint density at radius 1 is 1.03 bits per heavy atom. The van der Waals surface area contributed by atoms with Crippen molar-refractivity contribution in [3.8, 4) is 0 Å². The minimum atomic E-state index is -1.83. The Bertz CT molecular complexity index is 898. The lowest BCUT2D eigenvalue weighted by molar-refractivity contribution is -0.129. The first-order chi connectivity index (χ1) is 14.6. The number of hydrogen-bond donors (Lipinski definition) is 0. The van der Waals surface area contributed by atoms with Gasteiger partial charge in [0.2, 0.25) is 0 Å². The number of fused-ring (bicyclic) bond motifs is 2. The highest BCUT2D eigenvalue weighted by molar-refractivity contribution is 6.74. The van der Waals surface area contributed by atoms with Gasteiger partial charge in [-0.3, -0.25) is 4.79 Å². The second-order valence-electron chi connectivity index (χ2n) is 14.1. The first kappa shape index (κ1) is 23.1. The van der Waals surface area contributed by atoms with Crippen LogP contribution in [0.2, 0.25) is 18.1 Å². The number of carbonyl (C=O) groups is 1. The highest BCUT2D eigenvalue weighted by Crippen LogP contribution is 2.99. The molecular weight excluding hydrogens is 479 g/mol. The Hall–Kier alpha value is 0.717. The van der Waals surface area contributed by atoms with E-state index in [0.717, 1.165) is 19.3 Å². The van der Waals surface area contributed by atoms with Crippen LogP contribution in [-0.2, 0) is 9.22 Å². The summed E-state index contributed by atoms with van der Waals surface area (Å²) >= 11 is 21.5. The zero-order valence-electron chi connectivity index (χ0n) is 20.5. The lowest BCUT2D eigenvalue weighted by atomic mass is 9.50. The van der Waals surface area contributed by atoms with E-state index in [2.05, 4.69) is 40.8 Å². The highest BCUT2D eigenvalue weighted by Gasteiger charge is 2.99. The molecule has 0 aliphatic heterocycles. The third kappa shape index (κ3) is 2.21. The summed E-state index contributed by atoms with van der Waals surface area (Å²) in [6.07, 6.45) is 8.27. The summed E-state index contributed by atoms with van der Waals surface area (Å²) in [6, 6.07) is 0. The summed E-state index contributed by atoms with van der Waals surface area (Å²) in [5.41, 5.74) is 0.0663. The van der Waals surface area contributed by atoms with Crippen LogP contribution in [0.1, 0.15) is 79.1 Å². The van der Waals surface area contributed by atoms with Gasteiger partial charge in [0, 0.05) is 35.0 Å². The molecule has 6 heteroatoms. The molecule has 0 amide bonds. The van der Waals surface area contributed by atoms with E-state index < -0.39 is 12.7 Å². The number of alkyl halides is 3. The summed E-state index contributed by atoms with van der Waals surface area (Å²) in [6.45, 7) is 14.3. The van der Waals surface area contributed by atoms with Crippen LogP contribution >= 0.6 is 34.8 Å². The summed E-state index contributed by atoms with van der Waals surface area (Å²) in [7, 11) is -1.83. The Kier molecular flexibility index (Phi) is 4.45. The lowest BCUT2D eigenvalue weighted by Crippen LogP contribution is -2.53. The van der Waals surface area contributed by atoms with Crippen LogP contribution in [0.3, 0.4) is 0 Å². The molecule has 0 bridgehead atoms. The fraction of sp³-hybridized carbons (Fsp3) is 0.962. The molecule has 2 nitrogen and oxygen atoms in total. The van der Waals surface area contributed by atoms with Crippen LogP contribution in [0.5, 0.6) is 0 Å². The van der Waals surface area contributed by atoms with E-state index in [-0.39, 0.29) is 38.0 Å². The first-order valence-corrected chi connectivity index (χ1v) is 16.9. The molecule has 0 aromatic heterocycles. The molecule has 0 unspecified atom stereocenters. The molecule has 9 atom stereocenters. The smallest absolute Gasteiger partial charge is 0.192 e. The van der Waals surface area contributed by atoms with Gasteiger partial charge in [0.1, 0.15) is 10.1 Å². The maximum Gasteiger partial charge on any atom is 0.192 e. The van der Waals surface area contributed by atoms with Gasteiger partial charge in [-0.25, -0.2) is 0 Å².